The van der Waals surface area contributed by atoms with Gasteiger partial charge in [0, 0.05) is 24.7 Å². The van der Waals surface area contributed by atoms with Crippen molar-refractivity contribution >= 4 is 17.2 Å². The van der Waals surface area contributed by atoms with Crippen molar-refractivity contribution < 1.29 is 4.79 Å². The Balaban J connectivity index is 2.41. The highest BCUT2D eigenvalue weighted by molar-refractivity contribution is 7.09. The zero-order valence-corrected chi connectivity index (χ0v) is 11.1. The third-order valence-electron chi connectivity index (χ3n) is 2.47. The fraction of sp³-hybridized carbons (Fsp3) is 0.636. The SMILES string of the molecule is CCN(C)C(=O)CNC(C)c1nc(C)cs1. The second kappa shape index (κ2) is 5.96. The van der Waals surface area contributed by atoms with Crippen LogP contribution in [-0.2, 0) is 4.79 Å². The smallest absolute Gasteiger partial charge is 0.236 e. The number of likely N-dealkylation sites (N-methyl/N-ethyl adjacent to an activating group) is 1. The van der Waals surface area contributed by atoms with Gasteiger partial charge in [0.25, 0.3) is 0 Å². The summed E-state index contributed by atoms with van der Waals surface area (Å²) in [6.07, 6.45) is 0. The molecule has 0 radical (unpaired) electrons. The molecule has 1 unspecified atom stereocenters. The molecule has 4 nitrogen and oxygen atoms in total. The fourth-order valence-corrected chi connectivity index (χ4v) is 2.04. The number of aryl methyl sites for hydroxylation is 1. The Morgan fingerprint density at radius 2 is 2.38 bits per heavy atom. The van der Waals surface area contributed by atoms with Gasteiger partial charge in [0.2, 0.25) is 5.91 Å². The van der Waals surface area contributed by atoms with Crippen LogP contribution in [0.3, 0.4) is 0 Å². The Morgan fingerprint density at radius 3 is 2.88 bits per heavy atom. The van der Waals surface area contributed by atoms with E-state index in [-0.39, 0.29) is 11.9 Å². The lowest BCUT2D eigenvalue weighted by atomic mass is 10.3. The van der Waals surface area contributed by atoms with Crippen molar-refractivity contribution in [2.75, 3.05) is 20.1 Å². The summed E-state index contributed by atoms with van der Waals surface area (Å²) < 4.78 is 0. The van der Waals surface area contributed by atoms with Gasteiger partial charge in [-0.2, -0.15) is 0 Å². The van der Waals surface area contributed by atoms with Crippen LogP contribution in [-0.4, -0.2) is 35.9 Å². The van der Waals surface area contributed by atoms with E-state index >= 15 is 0 Å². The van der Waals surface area contributed by atoms with Crippen LogP contribution in [0.25, 0.3) is 0 Å². The summed E-state index contributed by atoms with van der Waals surface area (Å²) in [5.74, 6) is 0.114. The first-order valence-corrected chi connectivity index (χ1v) is 6.32. The molecule has 0 fully saturated rings. The van der Waals surface area contributed by atoms with Crippen LogP contribution >= 0.6 is 11.3 Å². The van der Waals surface area contributed by atoms with Gasteiger partial charge in [0.15, 0.2) is 0 Å². The van der Waals surface area contributed by atoms with E-state index in [4.69, 9.17) is 0 Å². The molecule has 0 aliphatic carbocycles. The minimum absolute atomic E-state index is 0.114. The van der Waals surface area contributed by atoms with Crippen molar-refractivity contribution in [1.82, 2.24) is 15.2 Å². The van der Waals surface area contributed by atoms with Crippen LogP contribution in [0.1, 0.15) is 30.6 Å². The van der Waals surface area contributed by atoms with E-state index in [0.717, 1.165) is 17.2 Å². The van der Waals surface area contributed by atoms with Crippen LogP contribution in [0.15, 0.2) is 5.38 Å². The van der Waals surface area contributed by atoms with Crippen LogP contribution in [0.5, 0.6) is 0 Å². The van der Waals surface area contributed by atoms with Gasteiger partial charge in [-0.25, -0.2) is 4.98 Å². The number of nitrogens with one attached hydrogen (secondary N) is 1. The van der Waals surface area contributed by atoms with E-state index in [1.807, 2.05) is 33.2 Å². The quantitative estimate of drug-likeness (QED) is 0.851. The molecule has 0 spiro atoms. The normalized spacial score (nSPS) is 12.5. The second-order valence-corrected chi connectivity index (χ2v) is 4.73. The van der Waals surface area contributed by atoms with Gasteiger partial charge in [-0.1, -0.05) is 0 Å². The highest BCUT2D eigenvalue weighted by Gasteiger charge is 2.12. The zero-order chi connectivity index (χ0) is 12.1. The molecule has 1 heterocycles. The number of carbonyl (C=O) groups excluding carboxylic acids is 1. The van der Waals surface area contributed by atoms with Crippen LogP contribution in [0.4, 0.5) is 0 Å². The first-order chi connectivity index (χ1) is 7.54. The first kappa shape index (κ1) is 13.1. The Labute approximate surface area is 101 Å². The third-order valence-corrected chi connectivity index (χ3v) is 3.61. The van der Waals surface area contributed by atoms with E-state index in [2.05, 4.69) is 10.3 Å². The largest absolute Gasteiger partial charge is 0.345 e. The molecule has 0 saturated heterocycles. The topological polar surface area (TPSA) is 45.2 Å². The fourth-order valence-electron chi connectivity index (χ4n) is 1.21. The maximum Gasteiger partial charge on any atom is 0.236 e. The van der Waals surface area contributed by atoms with E-state index in [9.17, 15) is 4.79 Å². The van der Waals surface area contributed by atoms with Crippen molar-refractivity contribution in [2.24, 2.45) is 0 Å². The number of aromatic nitrogens is 1. The summed E-state index contributed by atoms with van der Waals surface area (Å²) in [7, 11) is 1.81. The Hall–Kier alpha value is -0.940. The lowest BCUT2D eigenvalue weighted by Gasteiger charge is -2.16. The van der Waals surface area contributed by atoms with Crippen molar-refractivity contribution in [3.8, 4) is 0 Å². The summed E-state index contributed by atoms with van der Waals surface area (Å²) in [5, 5.41) is 6.24. The monoisotopic (exact) mass is 241 g/mol. The molecular formula is C11H19N3OS. The molecule has 1 atom stereocenters. The standard InChI is InChI=1S/C11H19N3OS/c1-5-14(4)10(15)6-12-9(3)11-13-8(2)7-16-11/h7,9,12H,5-6H2,1-4H3. The molecule has 1 N–H and O–H groups in total. The molecule has 0 aliphatic rings. The number of amides is 1. The molecule has 90 valence electrons. The molecular weight excluding hydrogens is 222 g/mol. The maximum atomic E-state index is 11.6. The average molecular weight is 241 g/mol. The lowest BCUT2D eigenvalue weighted by Crippen LogP contribution is -2.36. The van der Waals surface area contributed by atoms with Crippen LogP contribution in [0, 0.1) is 6.92 Å². The highest BCUT2D eigenvalue weighted by atomic mass is 32.1. The molecule has 1 rings (SSSR count). The van der Waals surface area contributed by atoms with E-state index in [1.54, 1.807) is 16.2 Å². The van der Waals surface area contributed by atoms with Crippen molar-refractivity contribution in [3.63, 3.8) is 0 Å². The molecule has 0 bridgehead atoms. The number of hydrogen-bond donors (Lipinski definition) is 1. The van der Waals surface area contributed by atoms with Crippen molar-refractivity contribution in [2.45, 2.75) is 26.8 Å². The number of nitrogens with zero attached hydrogens (tertiary/aromatic N) is 2. The van der Waals surface area contributed by atoms with Crippen LogP contribution < -0.4 is 5.32 Å². The Kier molecular flexibility index (Phi) is 4.89. The molecule has 1 aromatic rings. The molecule has 0 aliphatic heterocycles. The van der Waals surface area contributed by atoms with Gasteiger partial charge in [0.05, 0.1) is 12.6 Å². The van der Waals surface area contributed by atoms with Crippen molar-refractivity contribution in [1.29, 1.82) is 0 Å². The number of thiazole rings is 1. The van der Waals surface area contributed by atoms with E-state index < -0.39 is 0 Å². The summed E-state index contributed by atoms with van der Waals surface area (Å²) in [5.41, 5.74) is 1.03. The van der Waals surface area contributed by atoms with Gasteiger partial charge >= 0.3 is 0 Å². The predicted octanol–water partition coefficient (Wildman–Crippen LogP) is 1.58. The van der Waals surface area contributed by atoms with E-state index in [0.29, 0.717) is 6.54 Å². The summed E-state index contributed by atoms with van der Waals surface area (Å²) in [4.78, 5) is 17.6. The Bertz CT molecular complexity index is 351. The maximum absolute atomic E-state index is 11.6. The number of rotatable bonds is 5. The molecule has 5 heteroatoms. The highest BCUT2D eigenvalue weighted by Crippen LogP contribution is 2.16. The molecule has 1 aromatic heterocycles. The molecule has 1 amide bonds. The number of hydrogen-bond acceptors (Lipinski definition) is 4. The first-order valence-electron chi connectivity index (χ1n) is 5.44. The molecule has 16 heavy (non-hydrogen) atoms. The van der Waals surface area contributed by atoms with Gasteiger partial charge in [0.1, 0.15) is 5.01 Å². The zero-order valence-electron chi connectivity index (χ0n) is 10.3. The molecule has 0 aromatic carbocycles. The van der Waals surface area contributed by atoms with Gasteiger partial charge < -0.3 is 4.90 Å². The van der Waals surface area contributed by atoms with Crippen molar-refractivity contribution in [3.05, 3.63) is 16.1 Å². The summed E-state index contributed by atoms with van der Waals surface area (Å²) in [6.45, 7) is 7.07. The molecule has 0 saturated carbocycles. The van der Waals surface area contributed by atoms with E-state index in [1.165, 1.54) is 0 Å². The van der Waals surface area contributed by atoms with Gasteiger partial charge in [-0.3, -0.25) is 10.1 Å². The lowest BCUT2D eigenvalue weighted by molar-refractivity contribution is -0.128. The minimum atomic E-state index is 0.114. The minimum Gasteiger partial charge on any atom is -0.345 e. The second-order valence-electron chi connectivity index (χ2n) is 3.84. The number of carbonyl (C=O) groups is 1. The predicted molar refractivity (Wildman–Crippen MR) is 66.6 cm³/mol. The summed E-state index contributed by atoms with van der Waals surface area (Å²) >= 11 is 1.62. The van der Waals surface area contributed by atoms with Crippen LogP contribution in [0.2, 0.25) is 0 Å². The third kappa shape index (κ3) is 3.57. The summed E-state index contributed by atoms with van der Waals surface area (Å²) in [6, 6.07) is 0.132. The Morgan fingerprint density at radius 1 is 1.69 bits per heavy atom. The average Bonchev–Trinajstić information content (AvgIpc) is 2.71. The van der Waals surface area contributed by atoms with Gasteiger partial charge in [-0.05, 0) is 20.8 Å². The van der Waals surface area contributed by atoms with Gasteiger partial charge in [-0.15, -0.1) is 11.3 Å².